The number of benzene rings is 4. The first kappa shape index (κ1) is 28.0. The van der Waals surface area contributed by atoms with Gasteiger partial charge in [-0.05, 0) is 35.9 Å². The Kier molecular flexibility index (Phi) is 7.95. The van der Waals surface area contributed by atoms with Gasteiger partial charge >= 0.3 is 5.97 Å². The number of nitrogens with zero attached hydrogens (tertiary/aromatic N) is 2. The van der Waals surface area contributed by atoms with Crippen molar-refractivity contribution < 1.29 is 28.7 Å². The molecule has 1 aliphatic heterocycles. The molecule has 4 aromatic carbocycles. The van der Waals surface area contributed by atoms with Gasteiger partial charge in [0.2, 0.25) is 5.88 Å². The Labute approximate surface area is 245 Å². The summed E-state index contributed by atoms with van der Waals surface area (Å²) >= 11 is 6.25. The number of halogens is 1. The maximum atomic E-state index is 12.7. The zero-order chi connectivity index (χ0) is 29.8. The van der Waals surface area contributed by atoms with Crippen LogP contribution in [0, 0.1) is 21.4 Å². The zero-order valence-electron chi connectivity index (χ0n) is 22.1. The molecule has 0 radical (unpaired) electrons. The third kappa shape index (κ3) is 5.54. The Morgan fingerprint density at radius 3 is 2.57 bits per heavy atom. The first-order chi connectivity index (χ1) is 20.3. The fourth-order valence-electron chi connectivity index (χ4n) is 4.56. The van der Waals surface area contributed by atoms with E-state index in [2.05, 4.69) is 6.07 Å². The lowest BCUT2D eigenvalue weighted by Gasteiger charge is -2.27. The number of nitrogens with two attached hydrogens (primary N) is 1. The van der Waals surface area contributed by atoms with E-state index >= 15 is 0 Å². The van der Waals surface area contributed by atoms with Crippen molar-refractivity contribution in [2.75, 3.05) is 7.11 Å². The summed E-state index contributed by atoms with van der Waals surface area (Å²) < 4.78 is 22.7. The van der Waals surface area contributed by atoms with Gasteiger partial charge in [0.25, 0.3) is 5.69 Å². The van der Waals surface area contributed by atoms with E-state index in [-0.39, 0.29) is 40.8 Å². The average molecular weight is 584 g/mol. The van der Waals surface area contributed by atoms with Crippen molar-refractivity contribution in [3.05, 3.63) is 134 Å². The number of hydrogen-bond acceptors (Lipinski definition) is 9. The molecule has 0 bridgehead atoms. The van der Waals surface area contributed by atoms with Crippen LogP contribution >= 0.6 is 11.6 Å². The van der Waals surface area contributed by atoms with Crippen molar-refractivity contribution in [2.24, 2.45) is 5.73 Å². The van der Waals surface area contributed by atoms with E-state index < -0.39 is 16.8 Å². The van der Waals surface area contributed by atoms with Gasteiger partial charge in [0.05, 0.1) is 18.0 Å². The summed E-state index contributed by atoms with van der Waals surface area (Å²) in [6.07, 6.45) is 0. The van der Waals surface area contributed by atoms with E-state index in [0.29, 0.717) is 27.6 Å². The van der Waals surface area contributed by atoms with Crippen molar-refractivity contribution >= 4 is 23.3 Å². The molecule has 4 aromatic rings. The lowest BCUT2D eigenvalue weighted by atomic mass is 9.83. The van der Waals surface area contributed by atoms with Gasteiger partial charge in [0.1, 0.15) is 35.3 Å². The minimum atomic E-state index is -0.909. The maximum absolute atomic E-state index is 12.7. The number of carbonyl (C=O) groups is 1. The molecule has 0 saturated carbocycles. The Hall–Kier alpha value is -5.53. The number of carbonyl (C=O) groups excluding carboxylic acids is 1. The fourth-order valence-corrected chi connectivity index (χ4v) is 4.75. The van der Waals surface area contributed by atoms with Gasteiger partial charge in [0.15, 0.2) is 11.5 Å². The van der Waals surface area contributed by atoms with E-state index in [1.54, 1.807) is 30.3 Å². The number of nitro benzene ring substituents is 1. The van der Waals surface area contributed by atoms with E-state index in [0.717, 1.165) is 5.56 Å². The first-order valence-corrected chi connectivity index (χ1v) is 12.9. The van der Waals surface area contributed by atoms with Crippen LogP contribution in [0.3, 0.4) is 0 Å². The molecule has 0 spiro atoms. The second kappa shape index (κ2) is 11.9. The lowest BCUT2D eigenvalue weighted by molar-refractivity contribution is -0.385. The molecule has 10 nitrogen and oxygen atoms in total. The van der Waals surface area contributed by atoms with Crippen molar-refractivity contribution in [3.8, 4) is 29.1 Å². The van der Waals surface area contributed by atoms with Crippen LogP contribution in [0.15, 0.2) is 96.4 Å². The normalized spacial score (nSPS) is 13.8. The van der Waals surface area contributed by atoms with Crippen LogP contribution in [0.1, 0.15) is 33.0 Å². The number of hydrogen-bond donors (Lipinski definition) is 1. The molecule has 2 N–H and O–H groups in total. The van der Waals surface area contributed by atoms with E-state index in [1.165, 1.54) is 43.5 Å². The topological polar surface area (TPSA) is 147 Å². The molecule has 0 aliphatic carbocycles. The highest BCUT2D eigenvalue weighted by Crippen LogP contribution is 2.45. The quantitative estimate of drug-likeness (QED) is 0.110. The van der Waals surface area contributed by atoms with Gasteiger partial charge in [-0.1, -0.05) is 54.1 Å². The average Bonchev–Trinajstić information content (AvgIpc) is 2.99. The highest BCUT2D eigenvalue weighted by Gasteiger charge is 2.32. The van der Waals surface area contributed by atoms with E-state index in [4.69, 9.17) is 36.3 Å². The van der Waals surface area contributed by atoms with Crippen LogP contribution in [-0.4, -0.2) is 18.0 Å². The molecule has 210 valence electrons. The highest BCUT2D eigenvalue weighted by atomic mass is 35.5. The summed E-state index contributed by atoms with van der Waals surface area (Å²) in [5.74, 6) is -0.430. The smallest absolute Gasteiger partial charge is 0.350 e. The molecule has 1 unspecified atom stereocenters. The second-order valence-corrected chi connectivity index (χ2v) is 9.49. The van der Waals surface area contributed by atoms with Crippen LogP contribution in [0.2, 0.25) is 5.02 Å². The molecule has 0 saturated heterocycles. The lowest BCUT2D eigenvalue weighted by Crippen LogP contribution is -2.21. The van der Waals surface area contributed by atoms with Crippen LogP contribution in [-0.2, 0) is 6.61 Å². The van der Waals surface area contributed by atoms with Gasteiger partial charge in [-0.2, -0.15) is 5.26 Å². The molecule has 5 rings (SSSR count). The molecular weight excluding hydrogens is 562 g/mol. The van der Waals surface area contributed by atoms with Gasteiger partial charge < -0.3 is 24.7 Å². The largest absolute Gasteiger partial charge is 0.493 e. The number of ether oxygens (including phenoxy) is 4. The second-order valence-electron chi connectivity index (χ2n) is 9.08. The van der Waals surface area contributed by atoms with Crippen molar-refractivity contribution in [1.29, 1.82) is 5.26 Å². The van der Waals surface area contributed by atoms with Gasteiger partial charge in [-0.25, -0.2) is 4.79 Å². The van der Waals surface area contributed by atoms with Gasteiger partial charge in [-0.15, -0.1) is 0 Å². The monoisotopic (exact) mass is 583 g/mol. The third-order valence-electron chi connectivity index (χ3n) is 6.58. The molecule has 1 atom stereocenters. The number of nitriles is 1. The molecule has 42 heavy (non-hydrogen) atoms. The summed E-state index contributed by atoms with van der Waals surface area (Å²) in [7, 11) is 1.51. The predicted molar refractivity (Wildman–Crippen MR) is 153 cm³/mol. The van der Waals surface area contributed by atoms with Crippen LogP contribution in [0.25, 0.3) is 0 Å². The fraction of sp³-hybridized carbons (Fsp3) is 0.0968. The number of allylic oxidation sites excluding steroid dienone is 1. The number of nitro groups is 1. The minimum absolute atomic E-state index is 0.0739. The first-order valence-electron chi connectivity index (χ1n) is 12.5. The van der Waals surface area contributed by atoms with E-state index in [9.17, 15) is 20.2 Å². The summed E-state index contributed by atoms with van der Waals surface area (Å²) in [4.78, 5) is 23.4. The Balaban J connectivity index is 1.45. The molecule has 1 heterocycles. The van der Waals surface area contributed by atoms with Crippen molar-refractivity contribution in [3.63, 3.8) is 0 Å². The zero-order valence-corrected chi connectivity index (χ0v) is 22.8. The molecule has 1 aliphatic rings. The maximum Gasteiger partial charge on any atom is 0.350 e. The summed E-state index contributed by atoms with van der Waals surface area (Å²) in [5, 5.41) is 21.9. The molecule has 0 fully saturated rings. The number of para-hydroxylation sites is 1. The highest BCUT2D eigenvalue weighted by molar-refractivity contribution is 6.31. The van der Waals surface area contributed by atoms with Crippen LogP contribution in [0.5, 0.6) is 23.0 Å². The van der Waals surface area contributed by atoms with Crippen LogP contribution < -0.4 is 24.7 Å². The number of rotatable bonds is 8. The SMILES string of the molecule is COc1cc(C2C(C#N)=C(N)Oc3cc(OC(=O)c4ccccc4[N+](=O)[O-])ccc32)ccc1OCc1ccccc1Cl. The van der Waals surface area contributed by atoms with E-state index in [1.807, 2.05) is 18.2 Å². The number of fused-ring (bicyclic) bond motifs is 1. The summed E-state index contributed by atoms with van der Waals surface area (Å²) in [6.45, 7) is 0.222. The van der Waals surface area contributed by atoms with Gasteiger partial charge in [0, 0.05) is 28.3 Å². The molecule has 11 heteroatoms. The Morgan fingerprint density at radius 2 is 1.83 bits per heavy atom. The molecule has 0 amide bonds. The Morgan fingerprint density at radius 1 is 1.07 bits per heavy atom. The Bertz CT molecular complexity index is 1780. The third-order valence-corrected chi connectivity index (χ3v) is 6.95. The minimum Gasteiger partial charge on any atom is -0.493 e. The summed E-state index contributed by atoms with van der Waals surface area (Å²) in [6, 6.07) is 24.8. The van der Waals surface area contributed by atoms with Crippen molar-refractivity contribution in [2.45, 2.75) is 12.5 Å². The molecule has 0 aromatic heterocycles. The van der Waals surface area contributed by atoms with Crippen LogP contribution in [0.4, 0.5) is 5.69 Å². The number of esters is 1. The standard InChI is InChI=1S/C31H22ClN3O7/c1-39-28-14-18(10-13-26(28)40-17-19-6-2-4-8-24(19)32)29-22-12-11-20(15-27(22)42-30(34)23(29)16-33)41-31(36)21-7-3-5-9-25(21)35(37)38/h2-15,29H,17,34H2,1H3. The number of methoxy groups -OCH3 is 1. The predicted octanol–water partition coefficient (Wildman–Crippen LogP) is 6.27. The van der Waals surface area contributed by atoms with Crippen molar-refractivity contribution in [1.82, 2.24) is 0 Å². The van der Waals surface area contributed by atoms with Gasteiger partial charge in [-0.3, -0.25) is 10.1 Å². The summed E-state index contributed by atoms with van der Waals surface area (Å²) in [5.41, 5.74) is 7.80. The molecular formula is C31H22ClN3O7.